The first-order chi connectivity index (χ1) is 7.71. The van der Waals surface area contributed by atoms with Gasteiger partial charge in [0, 0.05) is 6.42 Å². The number of rotatable bonds is 3. The Morgan fingerprint density at radius 1 is 1.44 bits per heavy atom. The first-order valence-electron chi connectivity index (χ1n) is 5.39. The fourth-order valence-electron chi connectivity index (χ4n) is 1.74. The minimum Gasteiger partial charge on any atom is -0.458 e. The zero-order valence-corrected chi connectivity index (χ0v) is 8.98. The summed E-state index contributed by atoms with van der Waals surface area (Å²) in [6.45, 7) is 0.848. The van der Waals surface area contributed by atoms with Crippen LogP contribution in [0, 0.1) is 0 Å². The van der Waals surface area contributed by atoms with Crippen molar-refractivity contribution >= 4 is 5.97 Å². The van der Waals surface area contributed by atoms with Crippen LogP contribution in [-0.2, 0) is 16.1 Å². The normalized spacial score (nSPS) is 24.3. The van der Waals surface area contributed by atoms with Gasteiger partial charge in [0.05, 0.1) is 0 Å². The van der Waals surface area contributed by atoms with E-state index in [0.717, 1.165) is 12.0 Å². The molecule has 1 aliphatic rings. The fourth-order valence-corrected chi connectivity index (χ4v) is 1.74. The van der Waals surface area contributed by atoms with Crippen molar-refractivity contribution in [1.29, 1.82) is 0 Å². The van der Waals surface area contributed by atoms with Crippen LogP contribution in [0.4, 0.5) is 0 Å². The number of benzene rings is 1. The SMILES string of the molecule is O=C(OCc1ccccc1)C1(O)CCCN1. The number of carbonyl (C=O) groups is 1. The third-order valence-electron chi connectivity index (χ3n) is 2.68. The summed E-state index contributed by atoms with van der Waals surface area (Å²) in [5, 5.41) is 12.6. The molecule has 0 radical (unpaired) electrons. The standard InChI is InChI=1S/C12H15NO3/c14-11(12(15)7-4-8-13-12)16-9-10-5-2-1-3-6-10/h1-3,5-6,13,15H,4,7-9H2. The highest BCUT2D eigenvalue weighted by Gasteiger charge is 2.40. The van der Waals surface area contributed by atoms with E-state index in [2.05, 4.69) is 5.32 Å². The van der Waals surface area contributed by atoms with Crippen LogP contribution < -0.4 is 5.32 Å². The highest BCUT2D eigenvalue weighted by atomic mass is 16.6. The number of carbonyl (C=O) groups excluding carboxylic acids is 1. The van der Waals surface area contributed by atoms with E-state index in [1.165, 1.54) is 0 Å². The summed E-state index contributed by atoms with van der Waals surface area (Å²) in [5.41, 5.74) is -0.563. The van der Waals surface area contributed by atoms with Crippen LogP contribution in [0.3, 0.4) is 0 Å². The zero-order valence-electron chi connectivity index (χ0n) is 8.98. The molecule has 1 heterocycles. The van der Waals surface area contributed by atoms with Crippen molar-refractivity contribution < 1.29 is 14.6 Å². The molecule has 2 rings (SSSR count). The molecule has 0 aromatic heterocycles. The van der Waals surface area contributed by atoms with E-state index in [0.29, 0.717) is 13.0 Å². The highest BCUT2D eigenvalue weighted by molar-refractivity contribution is 5.79. The van der Waals surface area contributed by atoms with Crippen LogP contribution in [0.1, 0.15) is 18.4 Å². The smallest absolute Gasteiger partial charge is 0.353 e. The minimum atomic E-state index is -1.48. The van der Waals surface area contributed by atoms with E-state index in [1.807, 2.05) is 30.3 Å². The van der Waals surface area contributed by atoms with Gasteiger partial charge >= 0.3 is 5.97 Å². The first-order valence-corrected chi connectivity index (χ1v) is 5.39. The molecule has 4 heteroatoms. The minimum absolute atomic E-state index is 0.198. The Balaban J connectivity index is 1.89. The monoisotopic (exact) mass is 221 g/mol. The maximum absolute atomic E-state index is 11.6. The largest absolute Gasteiger partial charge is 0.458 e. The van der Waals surface area contributed by atoms with Crippen LogP contribution in [-0.4, -0.2) is 23.3 Å². The number of ether oxygens (including phenoxy) is 1. The van der Waals surface area contributed by atoms with Crippen molar-refractivity contribution in [2.45, 2.75) is 25.2 Å². The Bertz CT molecular complexity index is 358. The molecule has 0 amide bonds. The van der Waals surface area contributed by atoms with Gasteiger partial charge in [-0.2, -0.15) is 0 Å². The molecule has 0 bridgehead atoms. The van der Waals surface area contributed by atoms with Crippen LogP contribution in [0.2, 0.25) is 0 Å². The lowest BCUT2D eigenvalue weighted by atomic mass is 10.2. The maximum Gasteiger partial charge on any atom is 0.353 e. The predicted molar refractivity (Wildman–Crippen MR) is 58.4 cm³/mol. The molecule has 2 N–H and O–H groups in total. The van der Waals surface area contributed by atoms with Crippen molar-refractivity contribution in [2.24, 2.45) is 0 Å². The Morgan fingerprint density at radius 2 is 2.19 bits per heavy atom. The van der Waals surface area contributed by atoms with Gasteiger partial charge in [-0.15, -0.1) is 0 Å². The van der Waals surface area contributed by atoms with Crippen LogP contribution in [0.25, 0.3) is 0 Å². The van der Waals surface area contributed by atoms with E-state index < -0.39 is 11.7 Å². The lowest BCUT2D eigenvalue weighted by Gasteiger charge is -2.20. The van der Waals surface area contributed by atoms with Gasteiger partial charge in [0.2, 0.25) is 5.72 Å². The lowest BCUT2D eigenvalue weighted by molar-refractivity contribution is -0.168. The van der Waals surface area contributed by atoms with Crippen molar-refractivity contribution in [3.05, 3.63) is 35.9 Å². The summed E-state index contributed by atoms with van der Waals surface area (Å²) in [6, 6.07) is 9.41. The summed E-state index contributed by atoms with van der Waals surface area (Å²) >= 11 is 0. The molecule has 0 aliphatic carbocycles. The molecule has 1 saturated heterocycles. The van der Waals surface area contributed by atoms with Crippen LogP contribution >= 0.6 is 0 Å². The number of hydrogen-bond acceptors (Lipinski definition) is 4. The topological polar surface area (TPSA) is 58.6 Å². The number of aliphatic hydroxyl groups is 1. The van der Waals surface area contributed by atoms with Gasteiger partial charge in [-0.1, -0.05) is 30.3 Å². The first kappa shape index (κ1) is 11.1. The van der Waals surface area contributed by atoms with Crippen molar-refractivity contribution in [3.63, 3.8) is 0 Å². The summed E-state index contributed by atoms with van der Waals surface area (Å²) in [5.74, 6) is -0.589. The number of esters is 1. The second kappa shape index (κ2) is 4.63. The Hall–Kier alpha value is -1.39. The van der Waals surface area contributed by atoms with Gasteiger partial charge in [-0.3, -0.25) is 5.32 Å². The molecule has 1 unspecified atom stereocenters. The van der Waals surface area contributed by atoms with Crippen LogP contribution in [0.5, 0.6) is 0 Å². The van der Waals surface area contributed by atoms with E-state index in [9.17, 15) is 9.90 Å². The molecule has 4 nitrogen and oxygen atoms in total. The third-order valence-corrected chi connectivity index (χ3v) is 2.68. The molecule has 1 atom stereocenters. The maximum atomic E-state index is 11.6. The van der Waals surface area contributed by atoms with Gasteiger partial charge in [0.25, 0.3) is 0 Å². The molecule has 1 aromatic rings. The second-order valence-electron chi connectivity index (χ2n) is 3.95. The molecule has 86 valence electrons. The van der Waals surface area contributed by atoms with Gasteiger partial charge in [-0.05, 0) is 18.5 Å². The summed E-state index contributed by atoms with van der Waals surface area (Å²) in [4.78, 5) is 11.6. The molecule has 16 heavy (non-hydrogen) atoms. The molecule has 1 aromatic carbocycles. The zero-order chi connectivity index (χ0) is 11.4. The molecular weight excluding hydrogens is 206 g/mol. The van der Waals surface area contributed by atoms with E-state index in [-0.39, 0.29) is 6.61 Å². The van der Waals surface area contributed by atoms with Crippen LogP contribution in [0.15, 0.2) is 30.3 Å². The molecule has 1 fully saturated rings. The Morgan fingerprint density at radius 3 is 2.81 bits per heavy atom. The molecule has 1 aliphatic heterocycles. The molecule has 0 spiro atoms. The van der Waals surface area contributed by atoms with E-state index in [1.54, 1.807) is 0 Å². The Labute approximate surface area is 94.2 Å². The van der Waals surface area contributed by atoms with Gasteiger partial charge in [0.15, 0.2) is 0 Å². The number of hydrogen-bond donors (Lipinski definition) is 2. The summed E-state index contributed by atoms with van der Waals surface area (Å²) in [7, 11) is 0. The fraction of sp³-hybridized carbons (Fsp3) is 0.417. The van der Waals surface area contributed by atoms with E-state index in [4.69, 9.17) is 4.74 Å². The third kappa shape index (κ3) is 2.40. The van der Waals surface area contributed by atoms with E-state index >= 15 is 0 Å². The molecule has 0 saturated carbocycles. The summed E-state index contributed by atoms with van der Waals surface area (Å²) < 4.78 is 5.06. The lowest BCUT2D eigenvalue weighted by Crippen LogP contribution is -2.48. The van der Waals surface area contributed by atoms with Gasteiger partial charge in [0.1, 0.15) is 6.61 Å². The highest BCUT2D eigenvalue weighted by Crippen LogP contribution is 2.18. The van der Waals surface area contributed by atoms with Gasteiger partial charge < -0.3 is 9.84 Å². The predicted octanol–water partition coefficient (Wildman–Crippen LogP) is 0.802. The summed E-state index contributed by atoms with van der Waals surface area (Å²) in [6.07, 6.45) is 1.21. The molecular formula is C12H15NO3. The van der Waals surface area contributed by atoms with Gasteiger partial charge in [-0.25, -0.2) is 4.79 Å². The van der Waals surface area contributed by atoms with Crippen molar-refractivity contribution in [2.75, 3.05) is 6.54 Å². The average molecular weight is 221 g/mol. The Kier molecular flexibility index (Phi) is 3.22. The number of nitrogens with one attached hydrogen (secondary N) is 1. The van der Waals surface area contributed by atoms with Crippen molar-refractivity contribution in [3.8, 4) is 0 Å². The van der Waals surface area contributed by atoms with Crippen molar-refractivity contribution in [1.82, 2.24) is 5.32 Å². The second-order valence-corrected chi connectivity index (χ2v) is 3.95. The quantitative estimate of drug-likeness (QED) is 0.741. The average Bonchev–Trinajstić information content (AvgIpc) is 2.76.